The van der Waals surface area contributed by atoms with Crippen LogP contribution in [-0.2, 0) is 0 Å². The van der Waals surface area contributed by atoms with E-state index in [-0.39, 0.29) is 8.33 Å². The topological polar surface area (TPSA) is 103 Å². The molecule has 1 fully saturated rings. The quantitative estimate of drug-likeness (QED) is 0.877. The van der Waals surface area contributed by atoms with Gasteiger partial charge in [0.1, 0.15) is 0 Å². The molecule has 1 aliphatic rings. The molecule has 2 heterocycles. The molecule has 0 radical (unpaired) electrons. The van der Waals surface area contributed by atoms with Crippen molar-refractivity contribution in [2.75, 3.05) is 7.05 Å². The molecule has 0 aromatic carbocycles. The van der Waals surface area contributed by atoms with Crippen LogP contribution in [0.25, 0.3) is 16.9 Å². The summed E-state index contributed by atoms with van der Waals surface area (Å²) >= 11 is 0. The van der Waals surface area contributed by atoms with Crippen LogP contribution in [0.3, 0.4) is 0 Å². The normalized spacial score (nSPS) is 23.6. The Morgan fingerprint density at radius 3 is 3.00 bits per heavy atom. The highest BCUT2D eigenvalue weighted by Crippen LogP contribution is 2.33. The van der Waals surface area contributed by atoms with Crippen molar-refractivity contribution < 1.29 is 8.33 Å². The molecule has 6 heteroatoms. The summed E-state index contributed by atoms with van der Waals surface area (Å²) in [6.07, 6.45) is 9.21. The Hall–Kier alpha value is -1.92. The standard InChI is InChI=1S/C15H21N5.H2O.2H2/c1-3-12(10-4-5-11(16)8-10)20-13-6-7-18-15(13)19-9-14(20)17-2;;;/h3,6-7,9-11,18H,4-5,8,16H2,1-2H3;1H2;2*1H/b12-3-,17-14?;;;/t10-,11+;;;/m1.../s1. The van der Waals surface area contributed by atoms with Crippen molar-refractivity contribution in [3.05, 3.63) is 30.0 Å². The third-order valence-corrected chi connectivity index (χ3v) is 4.16. The molecule has 0 aliphatic heterocycles. The molecule has 1 saturated carbocycles. The van der Waals surface area contributed by atoms with E-state index in [1.807, 2.05) is 12.4 Å². The van der Waals surface area contributed by atoms with E-state index in [4.69, 9.17) is 5.73 Å². The monoisotopic (exact) mass is 293 g/mol. The predicted octanol–water partition coefficient (Wildman–Crippen LogP) is 1.55. The molecule has 21 heavy (non-hydrogen) atoms. The lowest BCUT2D eigenvalue weighted by Crippen LogP contribution is -2.24. The molecule has 0 amide bonds. The van der Waals surface area contributed by atoms with Crippen LogP contribution >= 0.6 is 0 Å². The summed E-state index contributed by atoms with van der Waals surface area (Å²) < 4.78 is 2.21. The number of fused-ring (bicyclic) bond motifs is 1. The number of nitrogens with two attached hydrogens (primary N) is 1. The summed E-state index contributed by atoms with van der Waals surface area (Å²) in [5, 5.41) is 0. The van der Waals surface area contributed by atoms with Crippen LogP contribution < -0.4 is 11.2 Å². The van der Waals surface area contributed by atoms with Gasteiger partial charge < -0.3 is 16.2 Å². The maximum atomic E-state index is 6.08. The highest BCUT2D eigenvalue weighted by atomic mass is 16.0. The summed E-state index contributed by atoms with van der Waals surface area (Å²) in [6.45, 7) is 2.09. The molecular weight excluding hydrogens is 266 g/mol. The van der Waals surface area contributed by atoms with Crippen LogP contribution in [0.4, 0.5) is 0 Å². The van der Waals surface area contributed by atoms with Gasteiger partial charge in [0.05, 0.1) is 11.7 Å². The first-order chi connectivity index (χ1) is 9.74. The van der Waals surface area contributed by atoms with Crippen LogP contribution in [0.1, 0.15) is 29.0 Å². The maximum Gasteiger partial charge on any atom is 0.154 e. The molecule has 0 unspecified atom stereocenters. The van der Waals surface area contributed by atoms with Gasteiger partial charge in [-0.05, 0) is 32.3 Å². The summed E-state index contributed by atoms with van der Waals surface area (Å²) in [5.41, 5.74) is 10.2. The summed E-state index contributed by atoms with van der Waals surface area (Å²) in [7, 11) is 1.81. The van der Waals surface area contributed by atoms with Gasteiger partial charge in [-0.3, -0.25) is 9.56 Å². The third-order valence-electron chi connectivity index (χ3n) is 4.16. The summed E-state index contributed by atoms with van der Waals surface area (Å²) in [6, 6.07) is 2.37. The van der Waals surface area contributed by atoms with Crippen molar-refractivity contribution in [3.63, 3.8) is 0 Å². The molecule has 118 valence electrons. The number of aromatic nitrogens is 3. The first kappa shape index (κ1) is 15.5. The van der Waals surface area contributed by atoms with E-state index in [9.17, 15) is 0 Å². The minimum Gasteiger partial charge on any atom is -0.412 e. The number of hydrogen-bond acceptors (Lipinski definition) is 3. The fourth-order valence-corrected chi connectivity index (χ4v) is 3.20. The highest BCUT2D eigenvalue weighted by Gasteiger charge is 2.26. The summed E-state index contributed by atoms with van der Waals surface area (Å²) in [5.74, 6) is 0.501. The SMILES string of the molecule is C/C=C(/[C@@H]1CC[C@H](N)C1)n1c(=NC)cnc2[nH]ccc21.O.[HH].[HH]. The van der Waals surface area contributed by atoms with E-state index in [1.54, 1.807) is 7.05 Å². The van der Waals surface area contributed by atoms with E-state index in [2.05, 4.69) is 38.6 Å². The molecular formula is C15H27N5O. The zero-order valence-corrected chi connectivity index (χ0v) is 12.5. The number of nitrogens with one attached hydrogen (secondary N) is 1. The van der Waals surface area contributed by atoms with E-state index >= 15 is 0 Å². The molecule has 3 rings (SSSR count). The van der Waals surface area contributed by atoms with E-state index in [0.29, 0.717) is 12.0 Å². The Bertz CT molecular complexity index is 722. The number of rotatable bonds is 2. The second-order valence-corrected chi connectivity index (χ2v) is 5.37. The van der Waals surface area contributed by atoms with Crippen LogP contribution in [-0.4, -0.2) is 33.1 Å². The van der Waals surface area contributed by atoms with Gasteiger partial charge in [0, 0.05) is 33.8 Å². The van der Waals surface area contributed by atoms with Gasteiger partial charge in [-0.25, -0.2) is 4.98 Å². The number of H-pyrrole nitrogens is 1. The van der Waals surface area contributed by atoms with Crippen molar-refractivity contribution in [1.82, 2.24) is 14.5 Å². The van der Waals surface area contributed by atoms with Crippen molar-refractivity contribution in [3.8, 4) is 0 Å². The number of allylic oxidation sites excluding steroid dienone is 2. The van der Waals surface area contributed by atoms with Crippen LogP contribution in [0.15, 0.2) is 29.5 Å². The van der Waals surface area contributed by atoms with Gasteiger partial charge in [0.25, 0.3) is 0 Å². The highest BCUT2D eigenvalue weighted by molar-refractivity contribution is 5.75. The Labute approximate surface area is 126 Å². The van der Waals surface area contributed by atoms with Crippen molar-refractivity contribution in [2.24, 2.45) is 16.6 Å². The van der Waals surface area contributed by atoms with Crippen LogP contribution in [0.2, 0.25) is 0 Å². The summed E-state index contributed by atoms with van der Waals surface area (Å²) in [4.78, 5) is 11.9. The molecule has 0 spiro atoms. The van der Waals surface area contributed by atoms with Gasteiger partial charge in [-0.15, -0.1) is 0 Å². The molecule has 0 bridgehead atoms. The fraction of sp³-hybridized carbons (Fsp3) is 0.467. The minimum atomic E-state index is 0. The Morgan fingerprint density at radius 1 is 1.57 bits per heavy atom. The molecule has 5 N–H and O–H groups in total. The van der Waals surface area contributed by atoms with Crippen molar-refractivity contribution in [1.29, 1.82) is 0 Å². The van der Waals surface area contributed by atoms with Crippen molar-refractivity contribution in [2.45, 2.75) is 32.2 Å². The van der Waals surface area contributed by atoms with Gasteiger partial charge >= 0.3 is 0 Å². The average Bonchev–Trinajstić information content (AvgIpc) is 3.08. The lowest BCUT2D eigenvalue weighted by Gasteiger charge is -2.19. The third kappa shape index (κ3) is 2.64. The molecule has 2 aromatic rings. The molecule has 2 atom stereocenters. The Morgan fingerprint density at radius 2 is 2.38 bits per heavy atom. The smallest absolute Gasteiger partial charge is 0.154 e. The van der Waals surface area contributed by atoms with E-state index < -0.39 is 0 Å². The molecule has 1 aliphatic carbocycles. The molecule has 6 nitrogen and oxygen atoms in total. The zero-order valence-electron chi connectivity index (χ0n) is 12.5. The fourth-order valence-electron chi connectivity index (χ4n) is 3.20. The Balaban J connectivity index is 0.00000161. The lowest BCUT2D eigenvalue weighted by molar-refractivity contribution is 0.640. The average molecular weight is 293 g/mol. The van der Waals surface area contributed by atoms with Gasteiger partial charge in [0.2, 0.25) is 0 Å². The Kier molecular flexibility index (Phi) is 4.59. The zero-order chi connectivity index (χ0) is 14.1. The maximum absolute atomic E-state index is 6.08. The van der Waals surface area contributed by atoms with Crippen LogP contribution in [0, 0.1) is 5.92 Å². The molecule has 2 aromatic heterocycles. The van der Waals surface area contributed by atoms with Crippen molar-refractivity contribution >= 4 is 16.9 Å². The van der Waals surface area contributed by atoms with Gasteiger partial charge in [-0.1, -0.05) is 6.08 Å². The van der Waals surface area contributed by atoms with E-state index in [1.165, 1.54) is 5.70 Å². The second kappa shape index (κ2) is 6.24. The predicted molar refractivity (Wildman–Crippen MR) is 88.7 cm³/mol. The number of aromatic amines is 1. The number of nitrogens with zero attached hydrogens (tertiary/aromatic N) is 3. The largest absolute Gasteiger partial charge is 0.412 e. The molecule has 0 saturated heterocycles. The van der Waals surface area contributed by atoms with Gasteiger partial charge in [-0.2, -0.15) is 0 Å². The minimum absolute atomic E-state index is 0. The van der Waals surface area contributed by atoms with E-state index in [0.717, 1.165) is 35.9 Å². The number of hydrogen-bond donors (Lipinski definition) is 2. The van der Waals surface area contributed by atoms with Gasteiger partial charge in [0.15, 0.2) is 11.1 Å². The second-order valence-electron chi connectivity index (χ2n) is 5.37. The first-order valence-corrected chi connectivity index (χ1v) is 7.14. The lowest BCUT2D eigenvalue weighted by atomic mass is 10.0. The van der Waals surface area contributed by atoms with Crippen LogP contribution in [0.5, 0.6) is 0 Å². The first-order valence-electron chi connectivity index (χ1n) is 7.14.